The van der Waals surface area contributed by atoms with E-state index in [1.54, 1.807) is 6.92 Å². The van der Waals surface area contributed by atoms with Crippen LogP contribution < -0.4 is 10.6 Å². The third-order valence-corrected chi connectivity index (χ3v) is 9.03. The molecule has 0 atom stereocenters. The predicted octanol–water partition coefficient (Wildman–Crippen LogP) is 4.80. The zero-order valence-corrected chi connectivity index (χ0v) is 26.5. The van der Waals surface area contributed by atoms with E-state index in [2.05, 4.69) is 34.8 Å². The number of carbonyl (C=O) groups excluding carboxylic acids is 4. The first-order chi connectivity index (χ1) is 19.6. The first kappa shape index (κ1) is 33.1. The highest BCUT2D eigenvalue weighted by molar-refractivity contribution is 5.92. The number of amides is 2. The number of benzene rings is 1. The molecule has 2 N–H and O–H groups in total. The number of piperidine rings is 2. The van der Waals surface area contributed by atoms with Crippen molar-refractivity contribution in [3.63, 3.8) is 0 Å². The summed E-state index contributed by atoms with van der Waals surface area (Å²) in [7, 11) is 0. The molecule has 0 saturated carbocycles. The number of likely N-dealkylation sites (tertiary alicyclic amines) is 2. The van der Waals surface area contributed by atoms with Crippen LogP contribution >= 0.6 is 0 Å². The van der Waals surface area contributed by atoms with Crippen molar-refractivity contribution in [3.05, 3.63) is 59.9 Å². The number of nitrogens with zero attached hydrogens (tertiary/aromatic N) is 2. The molecule has 0 bridgehead atoms. The number of rotatable bonds is 12. The molecule has 0 aliphatic carbocycles. The summed E-state index contributed by atoms with van der Waals surface area (Å²) in [4.78, 5) is 53.5. The van der Waals surface area contributed by atoms with E-state index in [0.29, 0.717) is 49.7 Å². The van der Waals surface area contributed by atoms with Crippen molar-refractivity contribution in [1.82, 2.24) is 20.4 Å². The topological polar surface area (TPSA) is 98.8 Å². The van der Waals surface area contributed by atoms with Gasteiger partial charge in [0.05, 0.1) is 22.5 Å². The lowest BCUT2D eigenvalue weighted by Crippen LogP contribution is -2.47. The third-order valence-electron chi connectivity index (χ3n) is 9.03. The first-order valence-electron chi connectivity index (χ1n) is 15.2. The van der Waals surface area contributed by atoms with Crippen molar-refractivity contribution < 1.29 is 19.2 Å². The van der Waals surface area contributed by atoms with Crippen LogP contribution in [-0.2, 0) is 30.3 Å². The standard InChI is InChI=1S/C34H50N4O4/c1-23(25(3)39)37-18-14-27(15-19-37)12-13-31(41)35-33(5,6)29-10-9-11-30(22-29)34(7,8)36-32(42)28-16-20-38(21-17-28)24(2)26(4)40/h9-11,22,27-28H,1-2,12-21H2,3-8H3,(H,35,41)(H,36,42). The van der Waals surface area contributed by atoms with E-state index in [9.17, 15) is 19.2 Å². The predicted molar refractivity (Wildman–Crippen MR) is 166 cm³/mol. The number of ketones is 2. The lowest BCUT2D eigenvalue weighted by molar-refractivity contribution is -0.128. The van der Waals surface area contributed by atoms with Crippen molar-refractivity contribution in [3.8, 4) is 0 Å². The SMILES string of the molecule is C=C(C(C)=O)N1CCC(CCC(=O)NC(C)(C)c2cccc(C(C)(C)NC(=O)C3CCN(C(=C)C(C)=O)CC3)c2)CC1. The summed E-state index contributed by atoms with van der Waals surface area (Å²) in [6, 6.07) is 8.06. The molecule has 2 heterocycles. The average molecular weight is 579 g/mol. The molecule has 230 valence electrons. The fourth-order valence-electron chi connectivity index (χ4n) is 5.95. The maximum atomic E-state index is 13.2. The smallest absolute Gasteiger partial charge is 0.223 e. The molecule has 8 nitrogen and oxygen atoms in total. The quantitative estimate of drug-likeness (QED) is 0.346. The summed E-state index contributed by atoms with van der Waals surface area (Å²) in [5.74, 6) is 0.365. The molecule has 0 radical (unpaired) electrons. The summed E-state index contributed by atoms with van der Waals surface area (Å²) in [6.45, 7) is 21.8. The molecule has 2 aliphatic rings. The van der Waals surface area contributed by atoms with Crippen LogP contribution in [0.5, 0.6) is 0 Å². The van der Waals surface area contributed by atoms with E-state index in [0.717, 1.165) is 43.5 Å². The Kier molecular flexibility index (Phi) is 10.8. The van der Waals surface area contributed by atoms with Gasteiger partial charge in [0.25, 0.3) is 0 Å². The Morgan fingerprint density at radius 3 is 1.71 bits per heavy atom. The van der Waals surface area contributed by atoms with E-state index >= 15 is 0 Å². The summed E-state index contributed by atoms with van der Waals surface area (Å²) >= 11 is 0. The zero-order chi connectivity index (χ0) is 31.2. The summed E-state index contributed by atoms with van der Waals surface area (Å²) in [5.41, 5.74) is 1.85. The Bertz CT molecular complexity index is 1200. The molecule has 8 heteroatoms. The van der Waals surface area contributed by atoms with Gasteiger partial charge in [0, 0.05) is 52.4 Å². The van der Waals surface area contributed by atoms with Crippen LogP contribution in [0.4, 0.5) is 0 Å². The molecule has 0 spiro atoms. The highest BCUT2D eigenvalue weighted by Gasteiger charge is 2.32. The van der Waals surface area contributed by atoms with Gasteiger partial charge in [-0.2, -0.15) is 0 Å². The van der Waals surface area contributed by atoms with Crippen LogP contribution in [0.1, 0.15) is 91.2 Å². The minimum atomic E-state index is -0.601. The fraction of sp³-hybridized carbons (Fsp3) is 0.588. The van der Waals surface area contributed by atoms with Gasteiger partial charge in [-0.1, -0.05) is 37.4 Å². The minimum absolute atomic E-state index is 0.0135. The monoisotopic (exact) mass is 578 g/mol. The molecule has 2 fully saturated rings. The zero-order valence-electron chi connectivity index (χ0n) is 26.5. The van der Waals surface area contributed by atoms with Crippen molar-refractivity contribution in [2.45, 2.75) is 91.1 Å². The first-order valence-corrected chi connectivity index (χ1v) is 15.2. The largest absolute Gasteiger partial charge is 0.369 e. The Hall–Kier alpha value is -3.42. The molecule has 42 heavy (non-hydrogen) atoms. The van der Waals surface area contributed by atoms with Gasteiger partial charge in [-0.3, -0.25) is 19.2 Å². The summed E-state index contributed by atoms with van der Waals surface area (Å²) in [6.07, 6.45) is 4.56. The molecule has 2 aliphatic heterocycles. The van der Waals surface area contributed by atoms with E-state index in [4.69, 9.17) is 0 Å². The molecule has 2 saturated heterocycles. The van der Waals surface area contributed by atoms with Gasteiger partial charge in [0.2, 0.25) is 11.8 Å². The third kappa shape index (κ3) is 8.55. The van der Waals surface area contributed by atoms with Gasteiger partial charge in [-0.15, -0.1) is 0 Å². The second-order valence-electron chi connectivity index (χ2n) is 13.1. The van der Waals surface area contributed by atoms with Crippen molar-refractivity contribution in [2.75, 3.05) is 26.2 Å². The Labute approximate surface area is 252 Å². The number of Topliss-reactive ketones (excluding diaryl/α,β-unsaturated/α-hetero) is 2. The Balaban J connectivity index is 1.53. The van der Waals surface area contributed by atoms with Crippen molar-refractivity contribution >= 4 is 23.4 Å². The molecule has 1 aromatic rings. The lowest BCUT2D eigenvalue weighted by atomic mass is 9.86. The van der Waals surface area contributed by atoms with Crippen LogP contribution in [0.25, 0.3) is 0 Å². The van der Waals surface area contributed by atoms with Crippen LogP contribution in [-0.4, -0.2) is 59.4 Å². The molecular weight excluding hydrogens is 528 g/mol. The highest BCUT2D eigenvalue weighted by Crippen LogP contribution is 2.29. The van der Waals surface area contributed by atoms with Crippen LogP contribution in [0.15, 0.2) is 48.8 Å². The number of allylic oxidation sites excluding steroid dienone is 2. The summed E-state index contributed by atoms with van der Waals surface area (Å²) in [5, 5.41) is 6.45. The maximum Gasteiger partial charge on any atom is 0.223 e. The molecular formula is C34H50N4O4. The molecule has 1 aromatic carbocycles. The second kappa shape index (κ2) is 13.7. The van der Waals surface area contributed by atoms with E-state index < -0.39 is 11.1 Å². The fourth-order valence-corrected chi connectivity index (χ4v) is 5.95. The van der Waals surface area contributed by atoms with Gasteiger partial charge in [-0.25, -0.2) is 0 Å². The van der Waals surface area contributed by atoms with E-state index in [-0.39, 0.29) is 29.3 Å². The van der Waals surface area contributed by atoms with Crippen LogP contribution in [0, 0.1) is 11.8 Å². The molecule has 2 amide bonds. The van der Waals surface area contributed by atoms with Gasteiger partial charge < -0.3 is 20.4 Å². The number of hydrogen-bond acceptors (Lipinski definition) is 6. The van der Waals surface area contributed by atoms with Crippen LogP contribution in [0.3, 0.4) is 0 Å². The average Bonchev–Trinajstić information content (AvgIpc) is 2.95. The Morgan fingerprint density at radius 2 is 1.24 bits per heavy atom. The molecule has 0 aromatic heterocycles. The van der Waals surface area contributed by atoms with Gasteiger partial charge in [0.1, 0.15) is 0 Å². The maximum absolute atomic E-state index is 13.2. The summed E-state index contributed by atoms with van der Waals surface area (Å²) < 4.78 is 0. The lowest BCUT2D eigenvalue weighted by Gasteiger charge is -2.36. The van der Waals surface area contributed by atoms with E-state index in [1.807, 2.05) is 50.8 Å². The second-order valence-corrected chi connectivity index (χ2v) is 13.1. The van der Waals surface area contributed by atoms with Gasteiger partial charge in [0.15, 0.2) is 11.6 Å². The molecule has 0 unspecified atom stereocenters. The number of nitrogens with one attached hydrogen (secondary N) is 2. The minimum Gasteiger partial charge on any atom is -0.369 e. The normalized spacial score (nSPS) is 17.0. The Morgan fingerprint density at radius 1 is 0.786 bits per heavy atom. The van der Waals surface area contributed by atoms with E-state index in [1.165, 1.54) is 6.92 Å². The van der Waals surface area contributed by atoms with Crippen LogP contribution in [0.2, 0.25) is 0 Å². The van der Waals surface area contributed by atoms with Crippen molar-refractivity contribution in [2.24, 2.45) is 11.8 Å². The van der Waals surface area contributed by atoms with Crippen molar-refractivity contribution in [1.29, 1.82) is 0 Å². The number of carbonyl (C=O) groups is 4. The van der Waals surface area contributed by atoms with Gasteiger partial charge in [-0.05, 0) is 76.8 Å². The highest BCUT2D eigenvalue weighted by atomic mass is 16.2. The van der Waals surface area contributed by atoms with Gasteiger partial charge >= 0.3 is 0 Å². The number of hydrogen-bond donors (Lipinski definition) is 2. The molecule has 3 rings (SSSR count).